The number of nitrogens with one attached hydrogen (secondary N) is 2. The van der Waals surface area contributed by atoms with Gasteiger partial charge >= 0.3 is 0 Å². The normalized spacial score (nSPS) is 11.4. The minimum Gasteiger partial charge on any atom is -0.323 e. The van der Waals surface area contributed by atoms with E-state index in [2.05, 4.69) is 10.1 Å². The lowest BCUT2D eigenvalue weighted by atomic mass is 10.3. The van der Waals surface area contributed by atoms with Gasteiger partial charge in [-0.25, -0.2) is 13.1 Å². The van der Waals surface area contributed by atoms with Gasteiger partial charge in [0, 0.05) is 12.3 Å². The van der Waals surface area contributed by atoms with Gasteiger partial charge in [0.2, 0.25) is 10.0 Å². The molecule has 0 heterocycles. The molecule has 5 nitrogen and oxygen atoms in total. The van der Waals surface area contributed by atoms with Gasteiger partial charge in [-0.2, -0.15) is 11.8 Å². The summed E-state index contributed by atoms with van der Waals surface area (Å²) < 4.78 is 26.2. The number of anilines is 1. The van der Waals surface area contributed by atoms with Crippen LogP contribution in [0.4, 0.5) is 5.69 Å². The van der Waals surface area contributed by atoms with Crippen molar-refractivity contribution in [1.29, 1.82) is 0 Å². The van der Waals surface area contributed by atoms with Gasteiger partial charge in [-0.3, -0.25) is 5.84 Å². The van der Waals surface area contributed by atoms with Crippen LogP contribution in [0.25, 0.3) is 0 Å². The Balaban J connectivity index is 2.89. The van der Waals surface area contributed by atoms with Crippen LogP contribution in [0.3, 0.4) is 0 Å². The highest BCUT2D eigenvalue weighted by molar-refractivity contribution is 7.98. The van der Waals surface area contributed by atoms with Crippen molar-refractivity contribution in [2.75, 3.05) is 24.0 Å². The van der Waals surface area contributed by atoms with Gasteiger partial charge < -0.3 is 5.43 Å². The van der Waals surface area contributed by atoms with E-state index in [1.54, 1.807) is 30.0 Å². The summed E-state index contributed by atoms with van der Waals surface area (Å²) in [5.74, 6) is 5.99. The molecular formula is C9H15N3O2S2. The number of hydrogen-bond donors (Lipinski definition) is 3. The molecule has 0 fully saturated rings. The van der Waals surface area contributed by atoms with Crippen molar-refractivity contribution in [3.8, 4) is 0 Å². The monoisotopic (exact) mass is 261 g/mol. The van der Waals surface area contributed by atoms with Gasteiger partial charge in [-0.15, -0.1) is 0 Å². The standard InChI is InChI=1S/C9H15N3O2S2/c1-15-7-6-11-16(13,14)9-5-3-2-4-8(9)12-10/h2-5,11-12H,6-7,10H2,1H3. The molecule has 0 bridgehead atoms. The molecule has 0 aromatic heterocycles. The number of nitrogens with two attached hydrogens (primary N) is 1. The van der Waals surface area contributed by atoms with Crippen molar-refractivity contribution in [3.05, 3.63) is 24.3 Å². The van der Waals surface area contributed by atoms with E-state index < -0.39 is 10.0 Å². The third kappa shape index (κ3) is 3.38. The van der Waals surface area contributed by atoms with Crippen LogP contribution >= 0.6 is 11.8 Å². The minimum absolute atomic E-state index is 0.165. The summed E-state index contributed by atoms with van der Waals surface area (Å²) in [7, 11) is -3.48. The zero-order valence-corrected chi connectivity index (χ0v) is 10.6. The average Bonchev–Trinajstić information content (AvgIpc) is 2.29. The summed E-state index contributed by atoms with van der Waals surface area (Å²) in [6, 6.07) is 6.50. The summed E-state index contributed by atoms with van der Waals surface area (Å²) in [5.41, 5.74) is 2.76. The zero-order valence-electron chi connectivity index (χ0n) is 8.93. The van der Waals surface area contributed by atoms with Crippen molar-refractivity contribution in [1.82, 2.24) is 4.72 Å². The SMILES string of the molecule is CSCCNS(=O)(=O)c1ccccc1NN. The molecule has 0 aliphatic heterocycles. The summed E-state index contributed by atoms with van der Waals surface area (Å²) in [6.07, 6.45) is 1.92. The quantitative estimate of drug-likeness (QED) is 0.397. The number of hydrogen-bond acceptors (Lipinski definition) is 5. The number of thioether (sulfide) groups is 1. The Labute approximate surface area is 99.8 Å². The molecule has 0 amide bonds. The van der Waals surface area contributed by atoms with Gasteiger partial charge in [-0.05, 0) is 18.4 Å². The molecule has 1 aromatic carbocycles. The van der Waals surface area contributed by atoms with Crippen LogP contribution in [-0.4, -0.2) is 27.0 Å². The van der Waals surface area contributed by atoms with Crippen molar-refractivity contribution >= 4 is 27.5 Å². The molecule has 0 radical (unpaired) electrons. The lowest BCUT2D eigenvalue weighted by Gasteiger charge is -2.10. The molecule has 0 atom stereocenters. The Morgan fingerprint density at radius 2 is 2.06 bits per heavy atom. The van der Waals surface area contributed by atoms with E-state index in [4.69, 9.17) is 5.84 Å². The first kappa shape index (κ1) is 13.3. The van der Waals surface area contributed by atoms with E-state index in [-0.39, 0.29) is 4.90 Å². The highest BCUT2D eigenvalue weighted by Gasteiger charge is 2.16. The van der Waals surface area contributed by atoms with Gasteiger partial charge in [0.1, 0.15) is 4.90 Å². The van der Waals surface area contributed by atoms with E-state index in [9.17, 15) is 8.42 Å². The number of hydrazine groups is 1. The predicted octanol–water partition coefficient (Wildman–Crippen LogP) is 0.614. The first-order valence-corrected chi connectivity index (χ1v) is 7.54. The van der Waals surface area contributed by atoms with Gasteiger partial charge in [-0.1, -0.05) is 12.1 Å². The Morgan fingerprint density at radius 1 is 1.38 bits per heavy atom. The summed E-state index contributed by atoms with van der Waals surface area (Å²) in [6.45, 7) is 0.405. The summed E-state index contributed by atoms with van der Waals surface area (Å²) in [5, 5.41) is 0. The second-order valence-electron chi connectivity index (χ2n) is 3.03. The number of sulfonamides is 1. The lowest BCUT2D eigenvalue weighted by molar-refractivity contribution is 0.584. The van der Waals surface area contributed by atoms with Crippen LogP contribution in [0.1, 0.15) is 0 Å². The molecule has 16 heavy (non-hydrogen) atoms. The minimum atomic E-state index is -3.48. The van der Waals surface area contributed by atoms with Crippen LogP contribution in [0.5, 0.6) is 0 Å². The molecule has 0 spiro atoms. The van der Waals surface area contributed by atoms with E-state index in [0.717, 1.165) is 5.75 Å². The van der Waals surface area contributed by atoms with Crippen LogP contribution < -0.4 is 16.0 Å². The Morgan fingerprint density at radius 3 is 2.69 bits per heavy atom. The van der Waals surface area contributed by atoms with Crippen molar-refractivity contribution in [2.45, 2.75) is 4.90 Å². The Hall–Kier alpha value is -0.760. The maximum Gasteiger partial charge on any atom is 0.242 e. The molecule has 0 saturated heterocycles. The smallest absolute Gasteiger partial charge is 0.242 e. The average molecular weight is 261 g/mol. The summed E-state index contributed by atoms with van der Waals surface area (Å²) >= 11 is 1.58. The molecular weight excluding hydrogens is 246 g/mol. The number of nitrogen functional groups attached to an aromatic ring is 1. The molecule has 4 N–H and O–H groups in total. The van der Waals surface area contributed by atoms with Gasteiger partial charge in [0.15, 0.2) is 0 Å². The highest BCUT2D eigenvalue weighted by atomic mass is 32.2. The molecule has 7 heteroatoms. The van der Waals surface area contributed by atoms with Gasteiger partial charge in [0.05, 0.1) is 5.69 Å². The predicted molar refractivity (Wildman–Crippen MR) is 67.8 cm³/mol. The van der Waals surface area contributed by atoms with E-state index >= 15 is 0 Å². The second kappa shape index (κ2) is 6.09. The third-order valence-electron chi connectivity index (χ3n) is 1.93. The topological polar surface area (TPSA) is 84.2 Å². The van der Waals surface area contributed by atoms with Crippen molar-refractivity contribution in [3.63, 3.8) is 0 Å². The fourth-order valence-corrected chi connectivity index (χ4v) is 2.81. The Bertz CT molecular complexity index is 434. The van der Waals surface area contributed by atoms with E-state index in [1.165, 1.54) is 6.07 Å². The van der Waals surface area contributed by atoms with E-state index in [0.29, 0.717) is 12.2 Å². The fourth-order valence-electron chi connectivity index (χ4n) is 1.18. The maximum atomic E-state index is 11.9. The Kier molecular flexibility index (Phi) is 5.07. The highest BCUT2D eigenvalue weighted by Crippen LogP contribution is 2.19. The van der Waals surface area contributed by atoms with Crippen LogP contribution in [0.2, 0.25) is 0 Å². The van der Waals surface area contributed by atoms with Crippen LogP contribution in [0, 0.1) is 0 Å². The van der Waals surface area contributed by atoms with Crippen molar-refractivity contribution < 1.29 is 8.42 Å². The van der Waals surface area contributed by atoms with Crippen LogP contribution in [0.15, 0.2) is 29.2 Å². The zero-order chi connectivity index (χ0) is 12.0. The molecule has 0 saturated carbocycles. The van der Waals surface area contributed by atoms with Crippen molar-refractivity contribution in [2.24, 2.45) is 5.84 Å². The molecule has 0 aliphatic rings. The molecule has 0 unspecified atom stereocenters. The van der Waals surface area contributed by atoms with Gasteiger partial charge in [0.25, 0.3) is 0 Å². The first-order valence-electron chi connectivity index (χ1n) is 4.66. The molecule has 1 rings (SSSR count). The second-order valence-corrected chi connectivity index (χ2v) is 5.75. The largest absolute Gasteiger partial charge is 0.323 e. The number of benzene rings is 1. The summed E-state index contributed by atoms with van der Waals surface area (Å²) in [4.78, 5) is 0.165. The van der Waals surface area contributed by atoms with Crippen LogP contribution in [-0.2, 0) is 10.0 Å². The third-order valence-corrected chi connectivity index (χ3v) is 4.06. The maximum absolute atomic E-state index is 11.9. The first-order chi connectivity index (χ1) is 7.61. The fraction of sp³-hybridized carbons (Fsp3) is 0.333. The number of rotatable bonds is 6. The lowest BCUT2D eigenvalue weighted by Crippen LogP contribution is -2.27. The van der Waals surface area contributed by atoms with E-state index in [1.807, 2.05) is 6.26 Å². The molecule has 0 aliphatic carbocycles. The molecule has 1 aromatic rings. The number of para-hydroxylation sites is 1. The molecule has 90 valence electrons.